The Labute approximate surface area is 204 Å². The highest BCUT2D eigenvalue weighted by atomic mass is 16.5. The predicted octanol–water partition coefficient (Wildman–Crippen LogP) is 6.19. The molecule has 34 heavy (non-hydrogen) atoms. The number of nitrogens with zero attached hydrogens (tertiary/aromatic N) is 1. The lowest BCUT2D eigenvalue weighted by molar-refractivity contribution is 0.0107. The summed E-state index contributed by atoms with van der Waals surface area (Å²) in [4.78, 5) is 5.17. The number of ether oxygens (including phenoxy) is 1. The third kappa shape index (κ3) is 4.26. The van der Waals surface area contributed by atoms with Crippen molar-refractivity contribution in [1.82, 2.24) is 5.32 Å². The van der Waals surface area contributed by atoms with Gasteiger partial charge in [-0.1, -0.05) is 25.5 Å². The van der Waals surface area contributed by atoms with Crippen LogP contribution < -0.4 is 15.4 Å². The van der Waals surface area contributed by atoms with Crippen molar-refractivity contribution in [2.24, 2.45) is 22.7 Å². The van der Waals surface area contributed by atoms with Gasteiger partial charge in [0.05, 0.1) is 12.8 Å². The van der Waals surface area contributed by atoms with Gasteiger partial charge in [-0.3, -0.25) is 10.3 Å². The second-order valence-electron chi connectivity index (χ2n) is 11.4. The van der Waals surface area contributed by atoms with Crippen LogP contribution in [0.3, 0.4) is 0 Å². The summed E-state index contributed by atoms with van der Waals surface area (Å²) in [5, 5.41) is 7.68. The van der Waals surface area contributed by atoms with E-state index in [1.807, 2.05) is 0 Å². The van der Waals surface area contributed by atoms with Crippen LogP contribution in [0.25, 0.3) is 0 Å². The Morgan fingerprint density at radius 1 is 0.971 bits per heavy atom. The minimum atomic E-state index is 0.117. The highest BCUT2D eigenvalue weighted by Crippen LogP contribution is 2.56. The van der Waals surface area contributed by atoms with Gasteiger partial charge < -0.3 is 10.1 Å². The molecule has 1 heterocycles. The monoisotopic (exact) mass is 457 g/mol. The van der Waals surface area contributed by atoms with Crippen molar-refractivity contribution in [3.05, 3.63) is 59.2 Å². The molecule has 0 amide bonds. The van der Waals surface area contributed by atoms with Crippen molar-refractivity contribution in [3.8, 4) is 5.75 Å². The molecule has 0 unspecified atom stereocenters. The molecule has 180 valence electrons. The quantitative estimate of drug-likeness (QED) is 0.465. The van der Waals surface area contributed by atoms with Crippen molar-refractivity contribution >= 4 is 11.4 Å². The molecule has 4 aliphatic carbocycles. The van der Waals surface area contributed by atoms with Crippen molar-refractivity contribution in [1.29, 1.82) is 0 Å². The molecule has 5 aliphatic rings. The third-order valence-corrected chi connectivity index (χ3v) is 8.78. The zero-order valence-corrected chi connectivity index (χ0v) is 20.8. The predicted molar refractivity (Wildman–Crippen MR) is 140 cm³/mol. The van der Waals surface area contributed by atoms with Crippen LogP contribution in [-0.4, -0.2) is 31.1 Å². The number of anilines is 1. The molecule has 7 rings (SSSR count). The van der Waals surface area contributed by atoms with E-state index in [0.29, 0.717) is 5.54 Å². The van der Waals surface area contributed by atoms with Gasteiger partial charge in [-0.05, 0) is 105 Å². The largest absolute Gasteiger partial charge is 0.497 e. The first-order chi connectivity index (χ1) is 16.6. The van der Waals surface area contributed by atoms with Crippen molar-refractivity contribution in [2.45, 2.75) is 76.4 Å². The Kier molecular flexibility index (Phi) is 5.89. The first-order valence-electron chi connectivity index (χ1n) is 13.5. The second-order valence-corrected chi connectivity index (χ2v) is 11.4. The normalized spacial score (nSPS) is 31.2. The van der Waals surface area contributed by atoms with Crippen LogP contribution in [0.1, 0.15) is 75.0 Å². The molecule has 1 aliphatic heterocycles. The summed E-state index contributed by atoms with van der Waals surface area (Å²) in [6.07, 6.45) is 12.0. The lowest BCUT2D eigenvalue weighted by Gasteiger charge is -2.57. The summed E-state index contributed by atoms with van der Waals surface area (Å²) in [6.45, 7) is 3.24. The maximum Gasteiger partial charge on any atom is 0.119 e. The average molecular weight is 458 g/mol. The maximum atomic E-state index is 5.52. The van der Waals surface area contributed by atoms with Crippen molar-refractivity contribution in [2.75, 3.05) is 19.0 Å². The molecular formula is C30H39N3O. The Morgan fingerprint density at radius 2 is 1.68 bits per heavy atom. The molecule has 1 atom stereocenters. The molecule has 0 spiro atoms. The molecule has 0 radical (unpaired) electrons. The highest BCUT2D eigenvalue weighted by Gasteiger charge is 2.50. The molecular weight excluding hydrogens is 418 g/mol. The van der Waals surface area contributed by atoms with E-state index in [1.165, 1.54) is 73.7 Å². The molecule has 2 N–H and O–H groups in total. The number of hydrogen-bond donors (Lipinski definition) is 2. The molecule has 0 saturated heterocycles. The molecule has 4 nitrogen and oxygen atoms in total. The fourth-order valence-electron chi connectivity index (χ4n) is 7.65. The third-order valence-electron chi connectivity index (χ3n) is 8.78. The Balaban J connectivity index is 1.24. The van der Waals surface area contributed by atoms with Crippen LogP contribution in [0.5, 0.6) is 5.75 Å². The van der Waals surface area contributed by atoms with E-state index in [9.17, 15) is 0 Å². The molecule has 2 aromatic rings. The Hall–Kier alpha value is -2.33. The van der Waals surface area contributed by atoms with Gasteiger partial charge in [0.1, 0.15) is 11.9 Å². The first-order valence-corrected chi connectivity index (χ1v) is 13.5. The first kappa shape index (κ1) is 22.2. The number of hydrogen-bond acceptors (Lipinski definition) is 4. The summed E-state index contributed by atoms with van der Waals surface area (Å²) in [5.41, 5.74) is 6.46. The fraction of sp³-hybridized carbons (Fsp3) is 0.567. The van der Waals surface area contributed by atoms with E-state index < -0.39 is 0 Å². The molecule has 4 heteroatoms. The van der Waals surface area contributed by atoms with E-state index in [0.717, 1.165) is 42.2 Å². The Morgan fingerprint density at radius 3 is 2.32 bits per heavy atom. The molecule has 4 bridgehead atoms. The van der Waals surface area contributed by atoms with E-state index in [-0.39, 0.29) is 6.17 Å². The van der Waals surface area contributed by atoms with Gasteiger partial charge in [0.25, 0.3) is 0 Å². The van der Waals surface area contributed by atoms with Crippen LogP contribution in [-0.2, 0) is 6.42 Å². The zero-order chi connectivity index (χ0) is 23.1. The number of rotatable bonds is 8. The number of fused-ring (bicyclic) bond motifs is 1. The standard InChI is InChI=1S/C30H39N3O/c1-3-4-11-31-28-16-24-15-26(34-2)9-10-27(24)29(32-28)23-5-7-25(8-6-23)33-30-17-20-12-21(18-30)14-22(13-20)19-30/h5-10,15,20-22,28,31,33H,3-4,11-14,16-19H2,1-2H3/t20?,21?,22?,28-,30?/m1/s1. The van der Waals surface area contributed by atoms with Gasteiger partial charge in [0, 0.05) is 28.8 Å². The van der Waals surface area contributed by atoms with E-state index >= 15 is 0 Å². The van der Waals surface area contributed by atoms with Crippen LogP contribution in [0.4, 0.5) is 5.69 Å². The summed E-state index contributed by atoms with van der Waals surface area (Å²) < 4.78 is 5.52. The summed E-state index contributed by atoms with van der Waals surface area (Å²) in [5.74, 6) is 3.79. The minimum Gasteiger partial charge on any atom is -0.497 e. The van der Waals surface area contributed by atoms with Crippen molar-refractivity contribution < 1.29 is 4.74 Å². The van der Waals surface area contributed by atoms with E-state index in [4.69, 9.17) is 9.73 Å². The molecule has 4 saturated carbocycles. The number of benzene rings is 2. The zero-order valence-electron chi connectivity index (χ0n) is 20.8. The topological polar surface area (TPSA) is 45.6 Å². The van der Waals surface area contributed by atoms with Gasteiger partial charge >= 0.3 is 0 Å². The maximum absolute atomic E-state index is 5.52. The van der Waals surface area contributed by atoms with E-state index in [1.54, 1.807) is 7.11 Å². The lowest BCUT2D eigenvalue weighted by atomic mass is 9.53. The smallest absolute Gasteiger partial charge is 0.119 e. The van der Waals surface area contributed by atoms with Gasteiger partial charge in [-0.2, -0.15) is 0 Å². The molecule has 0 aromatic heterocycles. The van der Waals surface area contributed by atoms with Crippen LogP contribution in [0.2, 0.25) is 0 Å². The highest BCUT2D eigenvalue weighted by molar-refractivity contribution is 6.14. The fourth-order valence-corrected chi connectivity index (χ4v) is 7.65. The number of methoxy groups -OCH3 is 1. The number of nitrogens with one attached hydrogen (secondary N) is 2. The summed E-state index contributed by atoms with van der Waals surface area (Å²) in [7, 11) is 1.74. The average Bonchev–Trinajstić information content (AvgIpc) is 2.83. The SMILES string of the molecule is CCCCN[C@H]1Cc2cc(OC)ccc2C(c2ccc(NC34CC5CC(CC(C5)C3)C4)cc2)=N1. The Bertz CT molecular complexity index is 1020. The minimum absolute atomic E-state index is 0.117. The van der Waals surface area contributed by atoms with Gasteiger partial charge in [0.15, 0.2) is 0 Å². The number of unbranched alkanes of at least 4 members (excludes halogenated alkanes) is 1. The van der Waals surface area contributed by atoms with Crippen LogP contribution in [0, 0.1) is 17.8 Å². The number of aliphatic imine (C=N–C) groups is 1. The summed E-state index contributed by atoms with van der Waals surface area (Å²) in [6, 6.07) is 15.5. The van der Waals surface area contributed by atoms with Crippen LogP contribution in [0.15, 0.2) is 47.5 Å². The van der Waals surface area contributed by atoms with Gasteiger partial charge in [-0.15, -0.1) is 0 Å². The lowest BCUT2D eigenvalue weighted by Crippen LogP contribution is -2.54. The summed E-state index contributed by atoms with van der Waals surface area (Å²) >= 11 is 0. The molecule has 2 aromatic carbocycles. The van der Waals surface area contributed by atoms with Gasteiger partial charge in [-0.25, -0.2) is 0 Å². The second kappa shape index (κ2) is 9.03. The van der Waals surface area contributed by atoms with Gasteiger partial charge in [0.2, 0.25) is 0 Å². The van der Waals surface area contributed by atoms with E-state index in [2.05, 4.69) is 60.0 Å². The molecule has 4 fully saturated rings. The van der Waals surface area contributed by atoms with Crippen LogP contribution >= 0.6 is 0 Å². The van der Waals surface area contributed by atoms with Crippen molar-refractivity contribution in [3.63, 3.8) is 0 Å².